The van der Waals surface area contributed by atoms with Crippen LogP contribution in [0.25, 0.3) is 0 Å². The van der Waals surface area contributed by atoms with Gasteiger partial charge < -0.3 is 11.1 Å². The van der Waals surface area contributed by atoms with E-state index >= 15 is 0 Å². The van der Waals surface area contributed by atoms with E-state index in [-0.39, 0.29) is 11.5 Å². The lowest BCUT2D eigenvalue weighted by Crippen LogP contribution is -2.31. The van der Waals surface area contributed by atoms with Crippen LogP contribution in [0.4, 0.5) is 8.78 Å². The molecule has 1 aromatic carbocycles. The van der Waals surface area contributed by atoms with Crippen molar-refractivity contribution in [3.05, 3.63) is 35.4 Å². The normalized spacial score (nSPS) is 12.2. The minimum atomic E-state index is -1.03. The molecule has 1 amide bonds. The molecule has 0 saturated heterocycles. The fourth-order valence-electron chi connectivity index (χ4n) is 1.09. The van der Waals surface area contributed by atoms with Gasteiger partial charge in [-0.15, -0.1) is 0 Å². The van der Waals surface area contributed by atoms with E-state index in [4.69, 9.17) is 5.73 Å². The number of rotatable bonds is 4. The second-order valence-corrected chi connectivity index (χ2v) is 3.68. The summed E-state index contributed by atoms with van der Waals surface area (Å²) in [5.41, 5.74) is 5.48. The van der Waals surface area contributed by atoms with Crippen LogP contribution < -0.4 is 11.1 Å². The summed E-state index contributed by atoms with van der Waals surface area (Å²) in [5, 5.41) is 2.59. The maximum atomic E-state index is 12.8. The summed E-state index contributed by atoms with van der Waals surface area (Å²) in [6.45, 7) is 2.75. The second-order valence-electron chi connectivity index (χ2n) is 3.68. The highest BCUT2D eigenvalue weighted by Crippen LogP contribution is 2.08. The van der Waals surface area contributed by atoms with Crippen molar-refractivity contribution < 1.29 is 13.6 Å². The molecule has 0 saturated carbocycles. The lowest BCUT2D eigenvalue weighted by molar-refractivity contribution is 0.0948. The van der Waals surface area contributed by atoms with Gasteiger partial charge in [0, 0.05) is 12.1 Å². The van der Waals surface area contributed by atoms with Crippen molar-refractivity contribution in [2.45, 2.75) is 6.92 Å². The Hall–Kier alpha value is -1.49. The fraction of sp³-hybridized carbons (Fsp3) is 0.364. The van der Waals surface area contributed by atoms with Crippen LogP contribution >= 0.6 is 0 Å². The number of benzene rings is 1. The van der Waals surface area contributed by atoms with Gasteiger partial charge in [0.1, 0.15) is 0 Å². The fourth-order valence-corrected chi connectivity index (χ4v) is 1.09. The standard InChI is InChI=1S/C11H14F2N2O/c1-7(5-14)6-15-11(16)8-2-3-9(12)10(13)4-8/h2-4,7H,5-6,14H2,1H3,(H,15,16). The van der Waals surface area contributed by atoms with Crippen LogP contribution in [0.1, 0.15) is 17.3 Å². The molecule has 0 radical (unpaired) electrons. The lowest BCUT2D eigenvalue weighted by Gasteiger charge is -2.10. The Kier molecular flexibility index (Phi) is 4.37. The predicted octanol–water partition coefficient (Wildman–Crippen LogP) is 1.29. The summed E-state index contributed by atoms with van der Waals surface area (Å²) in [5.74, 6) is -2.28. The van der Waals surface area contributed by atoms with Gasteiger partial charge in [0.15, 0.2) is 11.6 Å². The highest BCUT2D eigenvalue weighted by Gasteiger charge is 2.10. The first-order valence-corrected chi connectivity index (χ1v) is 4.98. The molecule has 0 heterocycles. The van der Waals surface area contributed by atoms with Crippen LogP contribution in [-0.2, 0) is 0 Å². The monoisotopic (exact) mass is 228 g/mol. The topological polar surface area (TPSA) is 55.1 Å². The summed E-state index contributed by atoms with van der Waals surface area (Å²) in [6, 6.07) is 3.04. The number of nitrogens with one attached hydrogen (secondary N) is 1. The van der Waals surface area contributed by atoms with Gasteiger partial charge in [-0.3, -0.25) is 4.79 Å². The Morgan fingerprint density at radius 2 is 2.12 bits per heavy atom. The molecular formula is C11H14F2N2O. The summed E-state index contributed by atoms with van der Waals surface area (Å²) in [4.78, 5) is 11.5. The van der Waals surface area contributed by atoms with Crippen LogP contribution in [0.2, 0.25) is 0 Å². The Bertz CT molecular complexity index is 382. The van der Waals surface area contributed by atoms with Gasteiger partial charge in [-0.2, -0.15) is 0 Å². The molecule has 0 aliphatic rings. The molecule has 0 fully saturated rings. The van der Waals surface area contributed by atoms with Crippen molar-refractivity contribution in [1.82, 2.24) is 5.32 Å². The van der Waals surface area contributed by atoms with Crippen LogP contribution in [0, 0.1) is 17.6 Å². The number of nitrogens with two attached hydrogens (primary N) is 1. The highest BCUT2D eigenvalue weighted by atomic mass is 19.2. The molecule has 5 heteroatoms. The molecule has 88 valence electrons. The van der Waals surface area contributed by atoms with Crippen LogP contribution in [0.5, 0.6) is 0 Å². The molecule has 16 heavy (non-hydrogen) atoms. The minimum Gasteiger partial charge on any atom is -0.352 e. The van der Waals surface area contributed by atoms with E-state index in [9.17, 15) is 13.6 Å². The van der Waals surface area contributed by atoms with E-state index in [0.29, 0.717) is 13.1 Å². The molecule has 3 nitrogen and oxygen atoms in total. The molecule has 0 bridgehead atoms. The van der Waals surface area contributed by atoms with E-state index in [0.717, 1.165) is 12.1 Å². The molecule has 3 N–H and O–H groups in total. The second kappa shape index (κ2) is 5.55. The van der Waals surface area contributed by atoms with E-state index < -0.39 is 17.5 Å². The third kappa shape index (κ3) is 3.27. The van der Waals surface area contributed by atoms with Crippen LogP contribution in [-0.4, -0.2) is 19.0 Å². The summed E-state index contributed by atoms with van der Waals surface area (Å²) >= 11 is 0. The average molecular weight is 228 g/mol. The largest absolute Gasteiger partial charge is 0.352 e. The Morgan fingerprint density at radius 3 is 2.69 bits per heavy atom. The zero-order valence-corrected chi connectivity index (χ0v) is 8.97. The van der Waals surface area contributed by atoms with Gasteiger partial charge in [0.05, 0.1) is 0 Å². The van der Waals surface area contributed by atoms with Crippen molar-refractivity contribution in [3.63, 3.8) is 0 Å². The molecule has 0 aromatic heterocycles. The molecule has 1 atom stereocenters. The van der Waals surface area contributed by atoms with Gasteiger partial charge in [0.25, 0.3) is 5.91 Å². The molecule has 0 aliphatic heterocycles. The van der Waals surface area contributed by atoms with Gasteiger partial charge >= 0.3 is 0 Å². The summed E-state index contributed by atoms with van der Waals surface area (Å²) < 4.78 is 25.4. The van der Waals surface area contributed by atoms with E-state index in [1.165, 1.54) is 6.07 Å². The maximum Gasteiger partial charge on any atom is 0.251 e. The van der Waals surface area contributed by atoms with Crippen LogP contribution in [0.3, 0.4) is 0 Å². The van der Waals surface area contributed by atoms with Gasteiger partial charge in [-0.1, -0.05) is 6.92 Å². The number of halogens is 2. The molecule has 1 aromatic rings. The number of carbonyl (C=O) groups excluding carboxylic acids is 1. The van der Waals surface area contributed by atoms with Gasteiger partial charge in [-0.25, -0.2) is 8.78 Å². The Labute approximate surface area is 92.6 Å². The first kappa shape index (κ1) is 12.6. The van der Waals surface area contributed by atoms with Gasteiger partial charge in [-0.05, 0) is 30.7 Å². The first-order valence-electron chi connectivity index (χ1n) is 4.98. The van der Waals surface area contributed by atoms with Crippen molar-refractivity contribution in [2.75, 3.05) is 13.1 Å². The maximum absolute atomic E-state index is 12.8. The van der Waals surface area contributed by atoms with Crippen molar-refractivity contribution in [2.24, 2.45) is 11.7 Å². The van der Waals surface area contributed by atoms with Crippen LogP contribution in [0.15, 0.2) is 18.2 Å². The number of carbonyl (C=O) groups is 1. The molecule has 1 unspecified atom stereocenters. The third-order valence-corrected chi connectivity index (χ3v) is 2.20. The van der Waals surface area contributed by atoms with E-state index in [1.54, 1.807) is 0 Å². The van der Waals surface area contributed by atoms with Crippen molar-refractivity contribution in [1.29, 1.82) is 0 Å². The minimum absolute atomic E-state index is 0.100. The first-order chi connectivity index (χ1) is 7.54. The quantitative estimate of drug-likeness (QED) is 0.815. The number of amides is 1. The average Bonchev–Trinajstić information content (AvgIpc) is 2.29. The molecule has 0 spiro atoms. The zero-order chi connectivity index (χ0) is 12.1. The smallest absolute Gasteiger partial charge is 0.251 e. The highest BCUT2D eigenvalue weighted by molar-refractivity contribution is 5.94. The van der Waals surface area contributed by atoms with E-state index in [1.807, 2.05) is 6.92 Å². The predicted molar refractivity (Wildman–Crippen MR) is 56.9 cm³/mol. The Balaban J connectivity index is 2.63. The Morgan fingerprint density at radius 1 is 1.44 bits per heavy atom. The van der Waals surface area contributed by atoms with E-state index in [2.05, 4.69) is 5.32 Å². The van der Waals surface area contributed by atoms with Crippen molar-refractivity contribution >= 4 is 5.91 Å². The molecule has 0 aliphatic carbocycles. The van der Waals surface area contributed by atoms with Crippen molar-refractivity contribution in [3.8, 4) is 0 Å². The van der Waals surface area contributed by atoms with Gasteiger partial charge in [0.2, 0.25) is 0 Å². The zero-order valence-electron chi connectivity index (χ0n) is 8.97. The number of hydrogen-bond donors (Lipinski definition) is 2. The molecule has 1 rings (SSSR count). The summed E-state index contributed by atoms with van der Waals surface area (Å²) in [7, 11) is 0. The SMILES string of the molecule is CC(CN)CNC(=O)c1ccc(F)c(F)c1. The number of hydrogen-bond acceptors (Lipinski definition) is 2. The third-order valence-electron chi connectivity index (χ3n) is 2.20. The summed E-state index contributed by atoms with van der Waals surface area (Å²) in [6.07, 6.45) is 0. The lowest BCUT2D eigenvalue weighted by atomic mass is 10.1. The molecular weight excluding hydrogens is 214 g/mol.